The highest BCUT2D eigenvalue weighted by Crippen LogP contribution is 2.63. The van der Waals surface area contributed by atoms with Gasteiger partial charge in [-0.3, -0.25) is 0 Å². The Morgan fingerprint density at radius 2 is 1.96 bits per heavy atom. The molecule has 4 rings (SSSR count). The summed E-state index contributed by atoms with van der Waals surface area (Å²) in [6, 6.07) is 8.07. The number of hydrogen-bond donors (Lipinski definition) is 1. The first-order valence-corrected chi connectivity index (χ1v) is 10.5. The van der Waals surface area contributed by atoms with Gasteiger partial charge < -0.3 is 10.1 Å². The van der Waals surface area contributed by atoms with Crippen molar-refractivity contribution in [2.75, 3.05) is 12.9 Å². The lowest BCUT2D eigenvalue weighted by Gasteiger charge is -2.64. The predicted molar refractivity (Wildman–Crippen MR) is 89.0 cm³/mol. The summed E-state index contributed by atoms with van der Waals surface area (Å²) in [7, 11) is -3.12. The van der Waals surface area contributed by atoms with Crippen molar-refractivity contribution < 1.29 is 13.2 Å². The molecule has 0 unspecified atom stereocenters. The summed E-state index contributed by atoms with van der Waals surface area (Å²) < 4.78 is 29.1. The Hall–Kier alpha value is -0.910. The molecule has 1 aromatic carbocycles. The van der Waals surface area contributed by atoms with Crippen molar-refractivity contribution in [2.24, 2.45) is 11.3 Å². The maximum atomic E-state index is 11.6. The zero-order chi connectivity index (χ0) is 16.2. The van der Waals surface area contributed by atoms with Gasteiger partial charge in [0.05, 0.1) is 11.0 Å². The van der Waals surface area contributed by atoms with Crippen molar-refractivity contribution in [3.05, 3.63) is 29.8 Å². The SMILES string of the molecule is C[C@H](N[C@@H]1[C@@H]2CCO[C@@H]2C12CCC2)c1ccc(S(C)(=O)=O)cc1. The molecule has 0 bridgehead atoms. The molecule has 3 fully saturated rings. The monoisotopic (exact) mass is 335 g/mol. The second-order valence-electron chi connectivity index (χ2n) is 7.54. The van der Waals surface area contributed by atoms with Crippen LogP contribution < -0.4 is 5.32 Å². The first-order valence-electron chi connectivity index (χ1n) is 8.59. The molecule has 126 valence electrons. The minimum Gasteiger partial charge on any atom is -0.377 e. The summed E-state index contributed by atoms with van der Waals surface area (Å²) >= 11 is 0. The van der Waals surface area contributed by atoms with Crippen molar-refractivity contribution in [3.8, 4) is 0 Å². The summed E-state index contributed by atoms with van der Waals surface area (Å²) in [5.41, 5.74) is 1.52. The van der Waals surface area contributed by atoms with Crippen LogP contribution in [0.2, 0.25) is 0 Å². The zero-order valence-corrected chi connectivity index (χ0v) is 14.6. The smallest absolute Gasteiger partial charge is 0.175 e. The summed E-state index contributed by atoms with van der Waals surface area (Å²) in [4.78, 5) is 0.386. The van der Waals surface area contributed by atoms with E-state index in [2.05, 4.69) is 12.2 Å². The van der Waals surface area contributed by atoms with Gasteiger partial charge in [0.25, 0.3) is 0 Å². The van der Waals surface area contributed by atoms with E-state index in [0.29, 0.717) is 28.4 Å². The van der Waals surface area contributed by atoms with Crippen LogP contribution in [0.5, 0.6) is 0 Å². The fourth-order valence-corrected chi connectivity index (χ4v) is 5.49. The fraction of sp³-hybridized carbons (Fsp3) is 0.667. The molecule has 0 radical (unpaired) electrons. The molecule has 1 spiro atoms. The Kier molecular flexibility index (Phi) is 3.59. The molecular weight excluding hydrogens is 310 g/mol. The molecule has 2 aliphatic carbocycles. The molecule has 4 nitrogen and oxygen atoms in total. The first kappa shape index (κ1) is 15.6. The van der Waals surface area contributed by atoms with Gasteiger partial charge in [-0.25, -0.2) is 8.42 Å². The Balaban J connectivity index is 1.48. The van der Waals surface area contributed by atoms with E-state index in [1.807, 2.05) is 12.1 Å². The molecule has 2 saturated carbocycles. The number of rotatable bonds is 4. The maximum Gasteiger partial charge on any atom is 0.175 e. The summed E-state index contributed by atoms with van der Waals surface area (Å²) in [5, 5.41) is 3.83. The Bertz CT molecular complexity index is 693. The molecule has 1 aliphatic heterocycles. The van der Waals surface area contributed by atoms with E-state index in [1.54, 1.807) is 12.1 Å². The van der Waals surface area contributed by atoms with E-state index in [-0.39, 0.29) is 6.04 Å². The van der Waals surface area contributed by atoms with Crippen LogP contribution in [0.15, 0.2) is 29.2 Å². The van der Waals surface area contributed by atoms with Crippen molar-refractivity contribution in [1.82, 2.24) is 5.32 Å². The van der Waals surface area contributed by atoms with Gasteiger partial charge in [0.1, 0.15) is 0 Å². The van der Waals surface area contributed by atoms with E-state index in [1.165, 1.54) is 31.9 Å². The van der Waals surface area contributed by atoms with Crippen molar-refractivity contribution in [1.29, 1.82) is 0 Å². The lowest BCUT2D eigenvalue weighted by Crippen LogP contribution is -2.71. The third-order valence-electron chi connectivity index (χ3n) is 6.27. The molecule has 1 N–H and O–H groups in total. The second-order valence-corrected chi connectivity index (χ2v) is 9.55. The molecule has 4 atom stereocenters. The van der Waals surface area contributed by atoms with E-state index >= 15 is 0 Å². The standard InChI is InChI=1S/C18H25NO3S/c1-12(13-4-6-14(7-5-13)23(2,20)21)19-16-15-8-11-22-17(15)18(16)9-3-10-18/h4-7,12,15-17,19H,3,8-11H2,1-2H3/t12-,15-,16+,17-/m0/s1. The van der Waals surface area contributed by atoms with Crippen molar-refractivity contribution in [2.45, 2.75) is 55.7 Å². The van der Waals surface area contributed by atoms with Gasteiger partial charge in [-0.1, -0.05) is 18.6 Å². The molecule has 0 aromatic heterocycles. The minimum absolute atomic E-state index is 0.229. The van der Waals surface area contributed by atoms with Crippen molar-refractivity contribution >= 4 is 9.84 Å². The quantitative estimate of drug-likeness (QED) is 0.919. The van der Waals surface area contributed by atoms with E-state index < -0.39 is 9.84 Å². The molecule has 1 heterocycles. The van der Waals surface area contributed by atoms with Crippen LogP contribution >= 0.6 is 0 Å². The number of fused-ring (bicyclic) bond motifs is 2. The number of nitrogens with one attached hydrogen (secondary N) is 1. The number of hydrogen-bond acceptors (Lipinski definition) is 4. The average molecular weight is 335 g/mol. The van der Waals surface area contributed by atoms with Crippen LogP contribution in [-0.4, -0.2) is 33.4 Å². The minimum atomic E-state index is -3.12. The van der Waals surface area contributed by atoms with Gasteiger partial charge in [-0.05, 0) is 43.9 Å². The highest BCUT2D eigenvalue weighted by Gasteiger charge is 2.66. The first-order chi connectivity index (χ1) is 10.9. The van der Waals surface area contributed by atoms with Gasteiger partial charge >= 0.3 is 0 Å². The number of sulfone groups is 1. The molecule has 5 heteroatoms. The van der Waals surface area contributed by atoms with Gasteiger partial charge in [-0.2, -0.15) is 0 Å². The molecule has 3 aliphatic rings. The molecule has 1 saturated heterocycles. The second kappa shape index (κ2) is 5.30. The van der Waals surface area contributed by atoms with Gasteiger partial charge in [0.15, 0.2) is 9.84 Å². The lowest BCUT2D eigenvalue weighted by atomic mass is 9.46. The van der Waals surface area contributed by atoms with E-state index in [4.69, 9.17) is 4.74 Å². The summed E-state index contributed by atoms with van der Waals surface area (Å²) in [5.74, 6) is 0.660. The molecule has 0 amide bonds. The topological polar surface area (TPSA) is 55.4 Å². The largest absolute Gasteiger partial charge is 0.377 e. The van der Waals surface area contributed by atoms with Crippen LogP contribution in [0.1, 0.15) is 44.2 Å². The number of ether oxygens (including phenoxy) is 1. The normalized spacial score (nSPS) is 32.9. The maximum absolute atomic E-state index is 11.6. The fourth-order valence-electron chi connectivity index (χ4n) is 4.86. The predicted octanol–water partition coefficient (Wildman–Crippen LogP) is 2.70. The molecular formula is C18H25NO3S. The zero-order valence-electron chi connectivity index (χ0n) is 13.8. The van der Waals surface area contributed by atoms with Gasteiger partial charge in [-0.15, -0.1) is 0 Å². The summed E-state index contributed by atoms with van der Waals surface area (Å²) in [6.45, 7) is 3.08. The highest BCUT2D eigenvalue weighted by molar-refractivity contribution is 7.90. The van der Waals surface area contributed by atoms with Gasteiger partial charge in [0.2, 0.25) is 0 Å². The van der Waals surface area contributed by atoms with Crippen LogP contribution in [0.25, 0.3) is 0 Å². The Morgan fingerprint density at radius 3 is 2.52 bits per heavy atom. The van der Waals surface area contributed by atoms with Crippen molar-refractivity contribution in [3.63, 3.8) is 0 Å². The van der Waals surface area contributed by atoms with E-state index in [9.17, 15) is 8.42 Å². The third-order valence-corrected chi connectivity index (χ3v) is 7.40. The van der Waals surface area contributed by atoms with E-state index in [0.717, 1.165) is 12.2 Å². The van der Waals surface area contributed by atoms with Crippen LogP contribution in [0.3, 0.4) is 0 Å². The van der Waals surface area contributed by atoms with Crippen LogP contribution in [-0.2, 0) is 14.6 Å². The average Bonchev–Trinajstić information content (AvgIpc) is 2.87. The molecule has 1 aromatic rings. The van der Waals surface area contributed by atoms with Crippen LogP contribution in [0, 0.1) is 11.3 Å². The Morgan fingerprint density at radius 1 is 1.26 bits per heavy atom. The Labute approximate surface area is 138 Å². The number of benzene rings is 1. The molecule has 23 heavy (non-hydrogen) atoms. The van der Waals surface area contributed by atoms with Crippen LogP contribution in [0.4, 0.5) is 0 Å². The summed E-state index contributed by atoms with van der Waals surface area (Å²) in [6.07, 6.45) is 6.79. The third kappa shape index (κ3) is 2.36. The van der Waals surface area contributed by atoms with Gasteiger partial charge in [0, 0.05) is 36.3 Å². The lowest BCUT2D eigenvalue weighted by molar-refractivity contribution is -0.178. The highest BCUT2D eigenvalue weighted by atomic mass is 32.2.